The van der Waals surface area contributed by atoms with Crippen molar-refractivity contribution in [2.75, 3.05) is 26.8 Å². The fourth-order valence-corrected chi connectivity index (χ4v) is 1.50. The molecule has 7 heteroatoms. The van der Waals surface area contributed by atoms with E-state index in [9.17, 15) is 18.3 Å². The molecule has 108 valence electrons. The Labute approximate surface area is 109 Å². The Morgan fingerprint density at radius 1 is 1.32 bits per heavy atom. The summed E-state index contributed by atoms with van der Waals surface area (Å²) in [5.41, 5.74) is 0.0877. The first-order valence-electron chi connectivity index (χ1n) is 5.66. The summed E-state index contributed by atoms with van der Waals surface area (Å²) in [6, 6.07) is 5.51. The Kier molecular flexibility index (Phi) is 6.07. The zero-order chi connectivity index (χ0) is 14.3. The van der Waals surface area contributed by atoms with Crippen LogP contribution < -0.4 is 10.1 Å². The van der Waals surface area contributed by atoms with E-state index in [1.54, 1.807) is 0 Å². The van der Waals surface area contributed by atoms with Gasteiger partial charge in [0.2, 0.25) is 0 Å². The number of alkyl halides is 3. The van der Waals surface area contributed by atoms with Gasteiger partial charge in [0.25, 0.3) is 0 Å². The summed E-state index contributed by atoms with van der Waals surface area (Å²) in [7, 11) is 1.53. The minimum Gasteiger partial charge on any atom is -0.405 e. The highest BCUT2D eigenvalue weighted by atomic mass is 19.4. The first-order valence-corrected chi connectivity index (χ1v) is 5.66. The van der Waals surface area contributed by atoms with Gasteiger partial charge < -0.3 is 19.9 Å². The molecule has 4 nitrogen and oxygen atoms in total. The lowest BCUT2D eigenvalue weighted by atomic mass is 10.1. The van der Waals surface area contributed by atoms with E-state index >= 15 is 0 Å². The lowest BCUT2D eigenvalue weighted by Gasteiger charge is -2.17. The highest BCUT2D eigenvalue weighted by Crippen LogP contribution is 2.29. The monoisotopic (exact) mass is 279 g/mol. The smallest absolute Gasteiger partial charge is 0.405 e. The molecule has 0 bridgehead atoms. The molecule has 0 aliphatic carbocycles. The van der Waals surface area contributed by atoms with Crippen LogP contribution in [0.4, 0.5) is 13.2 Å². The summed E-state index contributed by atoms with van der Waals surface area (Å²) in [6.07, 6.45) is -5.87. The fourth-order valence-electron chi connectivity index (χ4n) is 1.50. The topological polar surface area (TPSA) is 50.7 Å². The highest BCUT2D eigenvalue weighted by Gasteiger charge is 2.32. The van der Waals surface area contributed by atoms with E-state index in [2.05, 4.69) is 10.1 Å². The Morgan fingerprint density at radius 3 is 2.63 bits per heavy atom. The standard InChI is InChI=1S/C12H16F3NO3/c1-18-7-6-16-8-10(17)9-4-2-3-5-11(9)19-12(13,14)15/h2-5,10,16-17H,6-8H2,1H3. The lowest BCUT2D eigenvalue weighted by Crippen LogP contribution is -2.26. The Hall–Kier alpha value is -1.31. The predicted octanol–water partition coefficient (Wildman–Crippen LogP) is 1.85. The average Bonchev–Trinajstić information content (AvgIpc) is 2.33. The van der Waals surface area contributed by atoms with Crippen molar-refractivity contribution in [2.24, 2.45) is 0 Å². The molecule has 0 aliphatic heterocycles. The summed E-state index contributed by atoms with van der Waals surface area (Å²) in [6.45, 7) is 1.06. The summed E-state index contributed by atoms with van der Waals surface area (Å²) in [5, 5.41) is 12.7. The summed E-state index contributed by atoms with van der Waals surface area (Å²) in [5.74, 6) is -0.393. The van der Waals surface area contributed by atoms with Gasteiger partial charge in [-0.25, -0.2) is 0 Å². The van der Waals surface area contributed by atoms with Gasteiger partial charge in [0, 0.05) is 25.8 Å². The van der Waals surface area contributed by atoms with E-state index in [1.807, 2.05) is 0 Å². The van der Waals surface area contributed by atoms with Gasteiger partial charge >= 0.3 is 6.36 Å². The van der Waals surface area contributed by atoms with Gasteiger partial charge in [-0.1, -0.05) is 18.2 Å². The van der Waals surface area contributed by atoms with Gasteiger partial charge in [-0.2, -0.15) is 0 Å². The number of aliphatic hydroxyl groups is 1. The number of halogens is 3. The molecule has 1 aromatic rings. The molecular weight excluding hydrogens is 263 g/mol. The van der Waals surface area contributed by atoms with Crippen molar-refractivity contribution in [3.8, 4) is 5.75 Å². The Balaban J connectivity index is 2.65. The number of hydrogen-bond donors (Lipinski definition) is 2. The first-order chi connectivity index (χ1) is 8.94. The van der Waals surface area contributed by atoms with Crippen molar-refractivity contribution in [1.82, 2.24) is 5.32 Å². The van der Waals surface area contributed by atoms with Crippen LogP contribution in [-0.4, -0.2) is 38.3 Å². The molecule has 0 aliphatic rings. The zero-order valence-electron chi connectivity index (χ0n) is 10.4. The molecule has 0 fully saturated rings. The number of rotatable bonds is 7. The van der Waals surface area contributed by atoms with E-state index in [4.69, 9.17) is 4.74 Å². The van der Waals surface area contributed by atoms with Crippen molar-refractivity contribution in [1.29, 1.82) is 0 Å². The second kappa shape index (κ2) is 7.32. The maximum atomic E-state index is 12.2. The van der Waals surface area contributed by atoms with Crippen LogP contribution in [0.1, 0.15) is 11.7 Å². The molecule has 0 heterocycles. The summed E-state index contributed by atoms with van der Waals surface area (Å²) >= 11 is 0. The molecule has 0 aromatic heterocycles. The van der Waals surface area contributed by atoms with Crippen molar-refractivity contribution in [3.63, 3.8) is 0 Å². The van der Waals surface area contributed by atoms with Crippen LogP contribution in [0.2, 0.25) is 0 Å². The summed E-state index contributed by atoms with van der Waals surface area (Å²) in [4.78, 5) is 0. The van der Waals surface area contributed by atoms with Gasteiger partial charge in [0.05, 0.1) is 12.7 Å². The molecule has 2 N–H and O–H groups in total. The fraction of sp³-hybridized carbons (Fsp3) is 0.500. The molecule has 0 radical (unpaired) electrons. The molecule has 0 amide bonds. The van der Waals surface area contributed by atoms with E-state index in [0.29, 0.717) is 13.2 Å². The molecule has 0 spiro atoms. The van der Waals surface area contributed by atoms with Crippen LogP contribution in [0.15, 0.2) is 24.3 Å². The minimum atomic E-state index is -4.78. The van der Waals surface area contributed by atoms with Crippen molar-refractivity contribution in [2.45, 2.75) is 12.5 Å². The van der Waals surface area contributed by atoms with Crippen molar-refractivity contribution < 1.29 is 27.8 Å². The number of ether oxygens (including phenoxy) is 2. The molecule has 1 rings (SSSR count). The lowest BCUT2D eigenvalue weighted by molar-refractivity contribution is -0.275. The van der Waals surface area contributed by atoms with E-state index in [1.165, 1.54) is 31.4 Å². The minimum absolute atomic E-state index is 0.0877. The second-order valence-corrected chi connectivity index (χ2v) is 3.80. The zero-order valence-corrected chi connectivity index (χ0v) is 10.4. The molecule has 19 heavy (non-hydrogen) atoms. The molecule has 0 saturated heterocycles. The molecule has 1 unspecified atom stereocenters. The van der Waals surface area contributed by atoms with Crippen LogP contribution in [0.3, 0.4) is 0 Å². The maximum Gasteiger partial charge on any atom is 0.573 e. The van der Waals surface area contributed by atoms with E-state index in [0.717, 1.165) is 0 Å². The Morgan fingerprint density at radius 2 is 2.00 bits per heavy atom. The van der Waals surface area contributed by atoms with Gasteiger partial charge in [-0.05, 0) is 6.07 Å². The largest absolute Gasteiger partial charge is 0.573 e. The maximum absolute atomic E-state index is 12.2. The quantitative estimate of drug-likeness (QED) is 0.748. The SMILES string of the molecule is COCCNCC(O)c1ccccc1OC(F)(F)F. The molecular formula is C12H16F3NO3. The van der Waals surface area contributed by atoms with Crippen LogP contribution in [0.5, 0.6) is 5.75 Å². The summed E-state index contributed by atoms with van der Waals surface area (Å²) < 4.78 is 45.3. The van der Waals surface area contributed by atoms with Gasteiger partial charge in [-0.3, -0.25) is 0 Å². The third kappa shape index (κ3) is 5.91. The van der Waals surface area contributed by atoms with Crippen LogP contribution in [0.25, 0.3) is 0 Å². The van der Waals surface area contributed by atoms with E-state index < -0.39 is 18.2 Å². The number of aliphatic hydroxyl groups excluding tert-OH is 1. The first kappa shape index (κ1) is 15.7. The van der Waals surface area contributed by atoms with Crippen LogP contribution in [0, 0.1) is 0 Å². The van der Waals surface area contributed by atoms with Gasteiger partial charge in [-0.15, -0.1) is 13.2 Å². The number of benzene rings is 1. The van der Waals surface area contributed by atoms with Crippen LogP contribution >= 0.6 is 0 Å². The predicted molar refractivity (Wildman–Crippen MR) is 62.8 cm³/mol. The third-order valence-corrected chi connectivity index (χ3v) is 2.32. The Bertz CT molecular complexity index is 385. The van der Waals surface area contributed by atoms with Crippen molar-refractivity contribution >= 4 is 0 Å². The van der Waals surface area contributed by atoms with E-state index in [-0.39, 0.29) is 12.1 Å². The van der Waals surface area contributed by atoms with Gasteiger partial charge in [0.15, 0.2) is 0 Å². The average molecular weight is 279 g/mol. The van der Waals surface area contributed by atoms with Crippen LogP contribution in [-0.2, 0) is 4.74 Å². The molecule has 1 atom stereocenters. The second-order valence-electron chi connectivity index (χ2n) is 3.80. The van der Waals surface area contributed by atoms with Gasteiger partial charge in [0.1, 0.15) is 5.75 Å². The van der Waals surface area contributed by atoms with Crippen molar-refractivity contribution in [3.05, 3.63) is 29.8 Å². The third-order valence-electron chi connectivity index (χ3n) is 2.32. The molecule has 0 saturated carbocycles. The number of nitrogens with one attached hydrogen (secondary N) is 1. The number of methoxy groups -OCH3 is 1. The number of para-hydroxylation sites is 1. The normalized spacial score (nSPS) is 13.3. The molecule has 1 aromatic carbocycles. The highest BCUT2D eigenvalue weighted by molar-refractivity contribution is 5.35. The number of hydrogen-bond acceptors (Lipinski definition) is 4.